The number of aromatic carboxylic acids is 1. The van der Waals surface area contributed by atoms with Crippen molar-refractivity contribution >= 4 is 27.6 Å². The van der Waals surface area contributed by atoms with Crippen LogP contribution in [0.25, 0.3) is 0 Å². The summed E-state index contributed by atoms with van der Waals surface area (Å²) in [7, 11) is 0. The van der Waals surface area contributed by atoms with Gasteiger partial charge in [-0.1, -0.05) is 0 Å². The highest BCUT2D eigenvalue weighted by Gasteiger charge is 2.32. The van der Waals surface area contributed by atoms with Gasteiger partial charge < -0.3 is 15.6 Å². The van der Waals surface area contributed by atoms with Crippen molar-refractivity contribution in [1.82, 2.24) is 0 Å². The number of benzene rings is 1. The van der Waals surface area contributed by atoms with Crippen LogP contribution in [0.1, 0.15) is 10.4 Å². The first-order chi connectivity index (χ1) is 7.20. The van der Waals surface area contributed by atoms with Gasteiger partial charge in [0.2, 0.25) is 0 Å². The lowest BCUT2D eigenvalue weighted by Crippen LogP contribution is -2.18. The Bertz CT molecular complexity index is 433. The first-order valence-corrected chi connectivity index (χ1v) is 4.58. The molecular formula is C8H5BrF3NO3. The van der Waals surface area contributed by atoms with Crippen LogP contribution in [0.4, 0.5) is 18.9 Å². The lowest BCUT2D eigenvalue weighted by molar-refractivity contribution is -0.274. The number of hydrogen-bond acceptors (Lipinski definition) is 3. The Balaban J connectivity index is 3.20. The molecular weight excluding hydrogens is 295 g/mol. The minimum Gasteiger partial charge on any atom is -0.478 e. The Morgan fingerprint density at radius 2 is 2.00 bits per heavy atom. The summed E-state index contributed by atoms with van der Waals surface area (Å²) < 4.78 is 39.4. The van der Waals surface area contributed by atoms with Crippen molar-refractivity contribution in [2.45, 2.75) is 6.36 Å². The SMILES string of the molecule is Nc1cc(Br)c(C(=O)O)cc1OC(F)(F)F. The van der Waals surface area contributed by atoms with Crippen molar-refractivity contribution in [3.8, 4) is 5.75 Å². The maximum absolute atomic E-state index is 11.9. The highest BCUT2D eigenvalue weighted by Crippen LogP contribution is 2.33. The Kier molecular flexibility index (Phi) is 3.32. The predicted octanol–water partition coefficient (Wildman–Crippen LogP) is 2.63. The third-order valence-electron chi connectivity index (χ3n) is 1.56. The van der Waals surface area contributed by atoms with Gasteiger partial charge in [0.25, 0.3) is 0 Å². The summed E-state index contributed by atoms with van der Waals surface area (Å²) in [5.74, 6) is -2.13. The second-order valence-electron chi connectivity index (χ2n) is 2.72. The zero-order valence-corrected chi connectivity index (χ0v) is 9.09. The smallest absolute Gasteiger partial charge is 0.478 e. The molecule has 0 heterocycles. The summed E-state index contributed by atoms with van der Waals surface area (Å²) in [5, 5.41) is 8.67. The number of alkyl halides is 3. The minimum absolute atomic E-state index is 0.0759. The number of carboxylic acids is 1. The molecule has 0 saturated carbocycles. The summed E-state index contributed by atoms with van der Waals surface area (Å²) in [6.45, 7) is 0. The van der Waals surface area contributed by atoms with Crippen LogP contribution in [-0.4, -0.2) is 17.4 Å². The van der Waals surface area contributed by atoms with Gasteiger partial charge >= 0.3 is 12.3 Å². The van der Waals surface area contributed by atoms with Crippen molar-refractivity contribution in [1.29, 1.82) is 0 Å². The van der Waals surface area contributed by atoms with Gasteiger partial charge in [0.05, 0.1) is 11.3 Å². The van der Waals surface area contributed by atoms with E-state index in [2.05, 4.69) is 20.7 Å². The largest absolute Gasteiger partial charge is 0.573 e. The Hall–Kier alpha value is -1.44. The van der Waals surface area contributed by atoms with E-state index in [1.165, 1.54) is 0 Å². The second-order valence-corrected chi connectivity index (χ2v) is 3.58. The lowest BCUT2D eigenvalue weighted by Gasteiger charge is -2.12. The van der Waals surface area contributed by atoms with Crippen LogP contribution in [0, 0.1) is 0 Å². The van der Waals surface area contributed by atoms with Crippen LogP contribution in [0.3, 0.4) is 0 Å². The van der Waals surface area contributed by atoms with E-state index in [4.69, 9.17) is 10.8 Å². The van der Waals surface area contributed by atoms with Gasteiger partial charge in [0, 0.05) is 4.47 Å². The molecule has 0 aromatic heterocycles. The van der Waals surface area contributed by atoms with Crippen molar-refractivity contribution in [3.63, 3.8) is 0 Å². The molecule has 0 atom stereocenters. The molecule has 4 nitrogen and oxygen atoms in total. The van der Waals surface area contributed by atoms with Gasteiger partial charge in [-0.15, -0.1) is 13.2 Å². The van der Waals surface area contributed by atoms with Gasteiger partial charge in [-0.05, 0) is 28.1 Å². The first kappa shape index (κ1) is 12.6. The first-order valence-electron chi connectivity index (χ1n) is 3.79. The number of rotatable bonds is 2. The third-order valence-corrected chi connectivity index (χ3v) is 2.21. The molecule has 0 bridgehead atoms. The number of hydrogen-bond donors (Lipinski definition) is 2. The molecule has 88 valence electrons. The molecule has 1 rings (SSSR count). The molecule has 1 aromatic rings. The molecule has 16 heavy (non-hydrogen) atoms. The summed E-state index contributed by atoms with van der Waals surface area (Å²) >= 11 is 2.86. The molecule has 0 aliphatic carbocycles. The molecule has 0 unspecified atom stereocenters. The Morgan fingerprint density at radius 1 is 1.44 bits per heavy atom. The topological polar surface area (TPSA) is 72.6 Å². The number of ether oxygens (including phenoxy) is 1. The van der Waals surface area contributed by atoms with Gasteiger partial charge in [0.15, 0.2) is 5.75 Å². The molecule has 0 spiro atoms. The summed E-state index contributed by atoms with van der Waals surface area (Å²) in [6, 6.07) is 1.74. The van der Waals surface area contributed by atoms with Crippen LogP contribution >= 0.6 is 15.9 Å². The number of nitrogens with two attached hydrogens (primary N) is 1. The fourth-order valence-corrected chi connectivity index (χ4v) is 1.48. The fraction of sp³-hybridized carbons (Fsp3) is 0.125. The van der Waals surface area contributed by atoms with E-state index in [1.807, 2.05) is 0 Å². The summed E-state index contributed by atoms with van der Waals surface area (Å²) in [5.41, 5.74) is 4.57. The molecule has 0 aliphatic rings. The molecule has 1 aromatic carbocycles. The van der Waals surface area contributed by atoms with E-state index in [1.54, 1.807) is 0 Å². The van der Waals surface area contributed by atoms with E-state index in [-0.39, 0.29) is 15.7 Å². The normalized spacial score (nSPS) is 11.2. The van der Waals surface area contributed by atoms with Crippen molar-refractivity contribution in [2.24, 2.45) is 0 Å². The zero-order chi connectivity index (χ0) is 12.5. The van der Waals surface area contributed by atoms with Crippen LogP contribution in [-0.2, 0) is 0 Å². The number of nitrogen functional groups attached to an aromatic ring is 1. The van der Waals surface area contributed by atoms with Crippen molar-refractivity contribution < 1.29 is 27.8 Å². The maximum atomic E-state index is 11.9. The average molecular weight is 300 g/mol. The molecule has 3 N–H and O–H groups in total. The van der Waals surface area contributed by atoms with E-state index in [9.17, 15) is 18.0 Å². The molecule has 0 amide bonds. The van der Waals surface area contributed by atoms with E-state index < -0.39 is 18.1 Å². The van der Waals surface area contributed by atoms with Gasteiger partial charge in [-0.2, -0.15) is 0 Å². The average Bonchev–Trinajstić information content (AvgIpc) is 2.07. The quantitative estimate of drug-likeness (QED) is 0.824. The third kappa shape index (κ3) is 3.02. The number of carboxylic acid groups (broad SMARTS) is 1. The number of halogens is 4. The van der Waals surface area contributed by atoms with E-state index in [0.717, 1.165) is 6.07 Å². The molecule has 0 radical (unpaired) electrons. The molecule has 0 aliphatic heterocycles. The highest BCUT2D eigenvalue weighted by atomic mass is 79.9. The van der Waals surface area contributed by atoms with Gasteiger partial charge in [-0.3, -0.25) is 0 Å². The zero-order valence-electron chi connectivity index (χ0n) is 7.51. The number of anilines is 1. The second kappa shape index (κ2) is 4.20. The van der Waals surface area contributed by atoms with Crippen molar-refractivity contribution in [2.75, 3.05) is 5.73 Å². The van der Waals surface area contributed by atoms with Gasteiger partial charge in [-0.25, -0.2) is 4.79 Å². The van der Waals surface area contributed by atoms with Crippen molar-refractivity contribution in [3.05, 3.63) is 22.2 Å². The summed E-state index contributed by atoms with van der Waals surface area (Å²) in [4.78, 5) is 10.6. The Labute approximate surface area is 95.9 Å². The molecule has 0 fully saturated rings. The highest BCUT2D eigenvalue weighted by molar-refractivity contribution is 9.10. The standard InChI is InChI=1S/C8H5BrF3NO3/c9-4-2-5(13)6(16-8(10,11)12)1-3(4)7(14)15/h1-2H,13H2,(H,14,15). The minimum atomic E-state index is -4.92. The van der Waals surface area contributed by atoms with E-state index in [0.29, 0.717) is 6.07 Å². The summed E-state index contributed by atoms with van der Waals surface area (Å²) in [6.07, 6.45) is -4.92. The number of carbonyl (C=O) groups is 1. The van der Waals surface area contributed by atoms with Crippen LogP contribution in [0.15, 0.2) is 16.6 Å². The van der Waals surface area contributed by atoms with Crippen LogP contribution in [0.5, 0.6) is 5.75 Å². The molecule has 0 saturated heterocycles. The predicted molar refractivity (Wildman–Crippen MR) is 52.2 cm³/mol. The lowest BCUT2D eigenvalue weighted by atomic mass is 10.2. The molecule has 8 heteroatoms. The fourth-order valence-electron chi connectivity index (χ4n) is 0.946. The Morgan fingerprint density at radius 3 is 2.44 bits per heavy atom. The maximum Gasteiger partial charge on any atom is 0.573 e. The van der Waals surface area contributed by atoms with E-state index >= 15 is 0 Å². The van der Waals surface area contributed by atoms with Gasteiger partial charge in [0.1, 0.15) is 0 Å². The van der Waals surface area contributed by atoms with Crippen LogP contribution < -0.4 is 10.5 Å². The monoisotopic (exact) mass is 299 g/mol. The van der Waals surface area contributed by atoms with Crippen LogP contribution in [0.2, 0.25) is 0 Å².